The third-order valence-corrected chi connectivity index (χ3v) is 3.36. The maximum Gasteiger partial charge on any atom is 0.161 e. The quantitative estimate of drug-likeness (QED) is 0.928. The largest absolute Gasteiger partial charge is 0.493 e. The molecule has 0 saturated carbocycles. The molecule has 2 N–H and O–H groups in total. The minimum Gasteiger partial charge on any atom is -0.493 e. The van der Waals surface area contributed by atoms with Gasteiger partial charge in [-0.1, -0.05) is 6.07 Å². The predicted octanol–water partition coefficient (Wildman–Crippen LogP) is 3.18. The van der Waals surface area contributed by atoms with Gasteiger partial charge in [0.1, 0.15) is 6.61 Å². The van der Waals surface area contributed by atoms with Crippen molar-refractivity contribution < 1.29 is 9.47 Å². The number of benzene rings is 1. The van der Waals surface area contributed by atoms with E-state index in [0.29, 0.717) is 12.4 Å². The van der Waals surface area contributed by atoms with Crippen LogP contribution in [0.2, 0.25) is 0 Å². The number of pyridine rings is 1. The predicted molar refractivity (Wildman–Crippen MR) is 80.2 cm³/mol. The van der Waals surface area contributed by atoms with Gasteiger partial charge in [0.25, 0.3) is 0 Å². The van der Waals surface area contributed by atoms with Crippen LogP contribution in [0.15, 0.2) is 24.4 Å². The zero-order valence-electron chi connectivity index (χ0n) is 12.4. The first kappa shape index (κ1) is 14.2. The van der Waals surface area contributed by atoms with Crippen LogP contribution in [-0.2, 0) is 6.61 Å². The summed E-state index contributed by atoms with van der Waals surface area (Å²) in [6.45, 7) is 6.29. The molecule has 2 rings (SSSR count). The Morgan fingerprint density at radius 3 is 2.60 bits per heavy atom. The van der Waals surface area contributed by atoms with Crippen LogP contribution in [0.25, 0.3) is 0 Å². The normalized spacial score (nSPS) is 10.4. The zero-order chi connectivity index (χ0) is 14.7. The SMILES string of the molecule is COc1cc(C)ccc1OCc1ncc(C)c(N)c1C. The molecule has 0 aliphatic heterocycles. The van der Waals surface area contributed by atoms with Gasteiger partial charge >= 0.3 is 0 Å². The van der Waals surface area contributed by atoms with E-state index in [-0.39, 0.29) is 0 Å². The number of nitrogen functional groups attached to an aromatic ring is 1. The van der Waals surface area contributed by atoms with E-state index in [2.05, 4.69) is 4.98 Å². The van der Waals surface area contributed by atoms with Crippen molar-refractivity contribution in [3.05, 3.63) is 46.8 Å². The average Bonchev–Trinajstić information content (AvgIpc) is 2.45. The summed E-state index contributed by atoms with van der Waals surface area (Å²) in [5.74, 6) is 1.43. The first-order valence-corrected chi connectivity index (χ1v) is 6.51. The fraction of sp³-hybridized carbons (Fsp3) is 0.312. The average molecular weight is 272 g/mol. The van der Waals surface area contributed by atoms with Gasteiger partial charge in [0.15, 0.2) is 11.5 Å². The maximum absolute atomic E-state index is 6.01. The van der Waals surface area contributed by atoms with E-state index in [1.54, 1.807) is 13.3 Å². The van der Waals surface area contributed by atoms with Crippen molar-refractivity contribution in [2.45, 2.75) is 27.4 Å². The van der Waals surface area contributed by atoms with Gasteiger partial charge in [-0.05, 0) is 49.6 Å². The van der Waals surface area contributed by atoms with Gasteiger partial charge in [0, 0.05) is 11.9 Å². The second kappa shape index (κ2) is 5.82. The first-order chi connectivity index (χ1) is 9.52. The van der Waals surface area contributed by atoms with Crippen LogP contribution in [0, 0.1) is 20.8 Å². The van der Waals surface area contributed by atoms with Gasteiger partial charge in [-0.2, -0.15) is 0 Å². The lowest BCUT2D eigenvalue weighted by Gasteiger charge is -2.13. The molecular formula is C16H20N2O2. The van der Waals surface area contributed by atoms with Crippen molar-refractivity contribution in [1.82, 2.24) is 4.98 Å². The highest BCUT2D eigenvalue weighted by atomic mass is 16.5. The summed E-state index contributed by atoms with van der Waals surface area (Å²) in [5, 5.41) is 0. The number of nitrogens with two attached hydrogens (primary N) is 1. The smallest absolute Gasteiger partial charge is 0.161 e. The van der Waals surface area contributed by atoms with Gasteiger partial charge < -0.3 is 15.2 Å². The first-order valence-electron chi connectivity index (χ1n) is 6.51. The fourth-order valence-electron chi connectivity index (χ4n) is 1.98. The Labute approximate surface area is 119 Å². The van der Waals surface area contributed by atoms with Crippen molar-refractivity contribution in [3.63, 3.8) is 0 Å². The zero-order valence-corrected chi connectivity index (χ0v) is 12.4. The van der Waals surface area contributed by atoms with Crippen molar-refractivity contribution >= 4 is 5.69 Å². The van der Waals surface area contributed by atoms with Gasteiger partial charge in [-0.15, -0.1) is 0 Å². The highest BCUT2D eigenvalue weighted by Crippen LogP contribution is 2.29. The molecule has 0 aliphatic rings. The van der Waals surface area contributed by atoms with Crippen LogP contribution in [0.3, 0.4) is 0 Å². The molecule has 4 nitrogen and oxygen atoms in total. The van der Waals surface area contributed by atoms with E-state index >= 15 is 0 Å². The molecule has 1 heterocycles. The van der Waals surface area contributed by atoms with Crippen LogP contribution in [-0.4, -0.2) is 12.1 Å². The summed E-state index contributed by atoms with van der Waals surface area (Å²) < 4.78 is 11.1. The number of anilines is 1. The highest BCUT2D eigenvalue weighted by molar-refractivity contribution is 5.53. The van der Waals surface area contributed by atoms with Crippen molar-refractivity contribution in [1.29, 1.82) is 0 Å². The van der Waals surface area contributed by atoms with Crippen LogP contribution < -0.4 is 15.2 Å². The Morgan fingerprint density at radius 1 is 1.15 bits per heavy atom. The number of hydrogen-bond acceptors (Lipinski definition) is 4. The third-order valence-electron chi connectivity index (χ3n) is 3.36. The van der Waals surface area contributed by atoms with Gasteiger partial charge in [0.05, 0.1) is 12.8 Å². The standard InChI is InChI=1S/C16H20N2O2/c1-10-5-6-14(15(7-10)19-4)20-9-13-12(3)16(17)11(2)8-18-13/h5-8H,9H2,1-4H3,(H2,17,18). The van der Waals surface area contributed by atoms with E-state index in [1.807, 2.05) is 39.0 Å². The third kappa shape index (κ3) is 2.85. The molecule has 1 aromatic carbocycles. The molecule has 20 heavy (non-hydrogen) atoms. The number of rotatable bonds is 4. The Hall–Kier alpha value is -2.23. The molecule has 106 valence electrons. The number of methoxy groups -OCH3 is 1. The summed E-state index contributed by atoms with van der Waals surface area (Å²) in [6.07, 6.45) is 1.77. The van der Waals surface area contributed by atoms with E-state index in [1.165, 1.54) is 0 Å². The number of nitrogens with zero attached hydrogens (tertiary/aromatic N) is 1. The van der Waals surface area contributed by atoms with Gasteiger partial charge in [-0.3, -0.25) is 4.98 Å². The molecule has 0 aliphatic carbocycles. The number of hydrogen-bond donors (Lipinski definition) is 1. The monoisotopic (exact) mass is 272 g/mol. The van der Waals surface area contributed by atoms with Crippen molar-refractivity contribution in [2.75, 3.05) is 12.8 Å². The van der Waals surface area contributed by atoms with Crippen molar-refractivity contribution in [2.24, 2.45) is 0 Å². The van der Waals surface area contributed by atoms with Crippen LogP contribution in [0.4, 0.5) is 5.69 Å². The molecule has 1 aromatic heterocycles. The molecule has 0 spiro atoms. The Morgan fingerprint density at radius 2 is 1.90 bits per heavy atom. The van der Waals surface area contributed by atoms with Crippen LogP contribution in [0.5, 0.6) is 11.5 Å². The van der Waals surface area contributed by atoms with Gasteiger partial charge in [0.2, 0.25) is 0 Å². The molecule has 0 saturated heterocycles. The summed E-state index contributed by atoms with van der Waals surface area (Å²) in [6, 6.07) is 5.84. The lowest BCUT2D eigenvalue weighted by Crippen LogP contribution is -2.05. The highest BCUT2D eigenvalue weighted by Gasteiger charge is 2.09. The summed E-state index contributed by atoms with van der Waals surface area (Å²) in [5.41, 5.74) is 10.7. The topological polar surface area (TPSA) is 57.4 Å². The number of ether oxygens (including phenoxy) is 2. The molecule has 0 radical (unpaired) electrons. The summed E-state index contributed by atoms with van der Waals surface area (Å²) >= 11 is 0. The Bertz CT molecular complexity index is 624. The van der Waals surface area contributed by atoms with Crippen molar-refractivity contribution in [3.8, 4) is 11.5 Å². The Kier molecular flexibility index (Phi) is 4.13. The summed E-state index contributed by atoms with van der Waals surface area (Å²) in [7, 11) is 1.63. The number of aryl methyl sites for hydroxylation is 2. The second-order valence-corrected chi connectivity index (χ2v) is 4.87. The van der Waals surface area contributed by atoms with Crippen LogP contribution in [0.1, 0.15) is 22.4 Å². The fourth-order valence-corrected chi connectivity index (χ4v) is 1.98. The maximum atomic E-state index is 6.01. The van der Waals surface area contributed by atoms with E-state index in [4.69, 9.17) is 15.2 Å². The van der Waals surface area contributed by atoms with Crippen LogP contribution >= 0.6 is 0 Å². The number of aromatic nitrogens is 1. The molecule has 2 aromatic rings. The second-order valence-electron chi connectivity index (χ2n) is 4.87. The van der Waals surface area contributed by atoms with E-state index < -0.39 is 0 Å². The summed E-state index contributed by atoms with van der Waals surface area (Å²) in [4.78, 5) is 4.38. The molecular weight excluding hydrogens is 252 g/mol. The Balaban J connectivity index is 2.19. The molecule has 0 amide bonds. The molecule has 0 atom stereocenters. The van der Waals surface area contributed by atoms with Gasteiger partial charge in [-0.25, -0.2) is 0 Å². The van der Waals surface area contributed by atoms with E-state index in [0.717, 1.165) is 33.8 Å². The molecule has 0 bridgehead atoms. The molecule has 0 fully saturated rings. The molecule has 4 heteroatoms. The minimum atomic E-state index is 0.371. The lowest BCUT2D eigenvalue weighted by atomic mass is 10.1. The minimum absolute atomic E-state index is 0.371. The van der Waals surface area contributed by atoms with E-state index in [9.17, 15) is 0 Å². The molecule has 0 unspecified atom stereocenters. The lowest BCUT2D eigenvalue weighted by molar-refractivity contribution is 0.280.